The molecule has 6 heteroatoms. The van der Waals surface area contributed by atoms with Crippen LogP contribution in [-0.2, 0) is 0 Å². The number of H-pyrrole nitrogens is 1. The molecule has 0 unspecified atom stereocenters. The molecule has 2 heterocycles. The normalized spacial score (nSPS) is 10.2. The van der Waals surface area contributed by atoms with Crippen LogP contribution in [0.15, 0.2) is 30.7 Å². The average molecular weight is 231 g/mol. The van der Waals surface area contributed by atoms with E-state index in [4.69, 9.17) is 5.73 Å². The quantitative estimate of drug-likeness (QED) is 0.826. The molecule has 0 aliphatic rings. The zero-order chi connectivity index (χ0) is 12.3. The summed E-state index contributed by atoms with van der Waals surface area (Å²) in [6, 6.07) is 3.54. The summed E-state index contributed by atoms with van der Waals surface area (Å²) < 4.78 is 0. The third-order valence-electron chi connectivity index (χ3n) is 2.42. The van der Waals surface area contributed by atoms with E-state index in [0.717, 1.165) is 5.69 Å². The van der Waals surface area contributed by atoms with Crippen LogP contribution in [0.2, 0.25) is 0 Å². The van der Waals surface area contributed by atoms with Crippen molar-refractivity contribution < 1.29 is 4.79 Å². The lowest BCUT2D eigenvalue weighted by Gasteiger charge is -2.20. The van der Waals surface area contributed by atoms with E-state index in [1.54, 1.807) is 29.4 Å². The van der Waals surface area contributed by atoms with E-state index in [1.165, 1.54) is 6.20 Å². The molecule has 0 spiro atoms. The molecule has 0 aliphatic heterocycles. The number of rotatable bonds is 3. The maximum Gasteiger partial charge on any atom is 0.278 e. The van der Waals surface area contributed by atoms with Gasteiger partial charge in [-0.3, -0.25) is 14.9 Å². The molecule has 0 aliphatic carbocycles. The van der Waals surface area contributed by atoms with Crippen molar-refractivity contribution in [3.8, 4) is 0 Å². The van der Waals surface area contributed by atoms with Gasteiger partial charge in [-0.15, -0.1) is 0 Å². The summed E-state index contributed by atoms with van der Waals surface area (Å²) in [5.74, 6) is -0.200. The summed E-state index contributed by atoms with van der Waals surface area (Å²) in [7, 11) is 0. The van der Waals surface area contributed by atoms with E-state index < -0.39 is 0 Å². The number of nitrogen functional groups attached to an aromatic ring is 1. The predicted molar refractivity (Wildman–Crippen MR) is 64.6 cm³/mol. The first kappa shape index (κ1) is 11.1. The van der Waals surface area contributed by atoms with Gasteiger partial charge >= 0.3 is 0 Å². The molecule has 17 heavy (non-hydrogen) atoms. The third kappa shape index (κ3) is 2.10. The van der Waals surface area contributed by atoms with E-state index in [2.05, 4.69) is 15.2 Å². The highest BCUT2D eigenvalue weighted by molar-refractivity contribution is 6.07. The van der Waals surface area contributed by atoms with Crippen LogP contribution in [0.25, 0.3) is 0 Å². The lowest BCUT2D eigenvalue weighted by atomic mass is 10.3. The number of aromatic nitrogens is 3. The Balaban J connectivity index is 2.32. The van der Waals surface area contributed by atoms with Crippen LogP contribution in [0.3, 0.4) is 0 Å². The molecule has 3 N–H and O–H groups in total. The van der Waals surface area contributed by atoms with Gasteiger partial charge in [0.25, 0.3) is 5.91 Å². The number of nitrogens with one attached hydrogen (secondary N) is 1. The molecule has 1 amide bonds. The lowest BCUT2D eigenvalue weighted by Crippen LogP contribution is -2.31. The Morgan fingerprint density at radius 3 is 2.71 bits per heavy atom. The molecule has 6 nitrogen and oxygen atoms in total. The number of aromatic amines is 1. The second-order valence-corrected chi connectivity index (χ2v) is 3.46. The number of hydrogen-bond donors (Lipinski definition) is 2. The number of anilines is 2. The van der Waals surface area contributed by atoms with Crippen LogP contribution in [0.1, 0.15) is 17.4 Å². The standard InChI is InChI=1S/C11H13N5O/c1-2-16(8-3-5-13-6-4-8)11(17)10-9(12)7-14-15-10/h3-7H,2,12H2,1H3,(H,14,15). The van der Waals surface area contributed by atoms with E-state index in [9.17, 15) is 4.79 Å². The van der Waals surface area contributed by atoms with Crippen LogP contribution in [0.4, 0.5) is 11.4 Å². The minimum Gasteiger partial charge on any atom is -0.396 e. The topological polar surface area (TPSA) is 87.9 Å². The zero-order valence-electron chi connectivity index (χ0n) is 9.42. The summed E-state index contributed by atoms with van der Waals surface area (Å²) in [5, 5.41) is 6.35. The first-order valence-corrected chi connectivity index (χ1v) is 5.24. The number of nitrogens with two attached hydrogens (primary N) is 1. The summed E-state index contributed by atoms with van der Waals surface area (Å²) in [6.45, 7) is 2.44. The maximum atomic E-state index is 12.2. The van der Waals surface area contributed by atoms with Crippen molar-refractivity contribution in [3.05, 3.63) is 36.4 Å². The smallest absolute Gasteiger partial charge is 0.278 e. The zero-order valence-corrected chi connectivity index (χ0v) is 9.42. The molecule has 0 bridgehead atoms. The molecular weight excluding hydrogens is 218 g/mol. The molecule has 2 aromatic heterocycles. The van der Waals surface area contributed by atoms with Crippen molar-refractivity contribution in [2.45, 2.75) is 6.92 Å². The molecule has 0 saturated carbocycles. The first-order valence-electron chi connectivity index (χ1n) is 5.24. The fraction of sp³-hybridized carbons (Fsp3) is 0.182. The Labute approximate surface area is 98.5 Å². The number of carbonyl (C=O) groups is 1. The summed E-state index contributed by atoms with van der Waals surface area (Å²) in [5.41, 5.74) is 7.10. The average Bonchev–Trinajstić information content (AvgIpc) is 2.77. The van der Waals surface area contributed by atoms with Crippen LogP contribution in [-0.4, -0.2) is 27.6 Å². The Hall–Kier alpha value is -2.37. The minimum atomic E-state index is -0.200. The molecule has 0 radical (unpaired) electrons. The van der Waals surface area contributed by atoms with Gasteiger partial charge in [-0.25, -0.2) is 0 Å². The number of pyridine rings is 1. The maximum absolute atomic E-state index is 12.2. The van der Waals surface area contributed by atoms with Gasteiger partial charge in [-0.05, 0) is 19.1 Å². The van der Waals surface area contributed by atoms with Crippen LogP contribution in [0.5, 0.6) is 0 Å². The number of hydrogen-bond acceptors (Lipinski definition) is 4. The Morgan fingerprint density at radius 2 is 2.18 bits per heavy atom. The largest absolute Gasteiger partial charge is 0.396 e. The van der Waals surface area contributed by atoms with Crippen LogP contribution < -0.4 is 10.6 Å². The van der Waals surface area contributed by atoms with Gasteiger partial charge in [-0.1, -0.05) is 0 Å². The van der Waals surface area contributed by atoms with Gasteiger partial charge in [0.1, 0.15) is 5.69 Å². The fourth-order valence-corrected chi connectivity index (χ4v) is 1.57. The van der Waals surface area contributed by atoms with E-state index in [1.807, 2.05) is 6.92 Å². The second-order valence-electron chi connectivity index (χ2n) is 3.46. The fourth-order valence-electron chi connectivity index (χ4n) is 1.57. The molecule has 0 aromatic carbocycles. The Bertz CT molecular complexity index is 508. The highest BCUT2D eigenvalue weighted by Gasteiger charge is 2.19. The first-order chi connectivity index (χ1) is 8.24. The van der Waals surface area contributed by atoms with Crippen molar-refractivity contribution in [2.24, 2.45) is 0 Å². The number of carbonyl (C=O) groups excluding carboxylic acids is 1. The van der Waals surface area contributed by atoms with Crippen molar-refractivity contribution in [3.63, 3.8) is 0 Å². The van der Waals surface area contributed by atoms with Crippen molar-refractivity contribution >= 4 is 17.3 Å². The van der Waals surface area contributed by atoms with Crippen LogP contribution in [0, 0.1) is 0 Å². The van der Waals surface area contributed by atoms with Gasteiger partial charge in [0.05, 0.1) is 11.9 Å². The van der Waals surface area contributed by atoms with Gasteiger partial charge in [0.2, 0.25) is 0 Å². The van der Waals surface area contributed by atoms with E-state index in [-0.39, 0.29) is 5.91 Å². The van der Waals surface area contributed by atoms with E-state index in [0.29, 0.717) is 17.9 Å². The number of nitrogens with zero attached hydrogens (tertiary/aromatic N) is 3. The summed E-state index contributed by atoms with van der Waals surface area (Å²) in [6.07, 6.45) is 4.71. The van der Waals surface area contributed by atoms with Gasteiger partial charge in [0.15, 0.2) is 0 Å². The van der Waals surface area contributed by atoms with Gasteiger partial charge < -0.3 is 10.6 Å². The SMILES string of the molecule is CCN(C(=O)c1[nH]ncc1N)c1ccncc1. The highest BCUT2D eigenvalue weighted by atomic mass is 16.2. The van der Waals surface area contributed by atoms with Crippen molar-refractivity contribution in [2.75, 3.05) is 17.2 Å². The molecule has 2 aromatic rings. The summed E-state index contributed by atoms with van der Waals surface area (Å²) >= 11 is 0. The Kier molecular flexibility index (Phi) is 3.04. The van der Waals surface area contributed by atoms with Gasteiger partial charge in [0, 0.05) is 24.6 Å². The number of amides is 1. The molecular formula is C11H13N5O. The van der Waals surface area contributed by atoms with Gasteiger partial charge in [-0.2, -0.15) is 5.10 Å². The van der Waals surface area contributed by atoms with Crippen molar-refractivity contribution in [1.29, 1.82) is 0 Å². The van der Waals surface area contributed by atoms with E-state index >= 15 is 0 Å². The minimum absolute atomic E-state index is 0.200. The lowest BCUT2D eigenvalue weighted by molar-refractivity contribution is 0.0984. The molecule has 88 valence electrons. The highest BCUT2D eigenvalue weighted by Crippen LogP contribution is 2.17. The summed E-state index contributed by atoms with van der Waals surface area (Å²) in [4.78, 5) is 17.7. The molecule has 0 atom stereocenters. The monoisotopic (exact) mass is 231 g/mol. The molecule has 2 rings (SSSR count). The molecule has 0 saturated heterocycles. The van der Waals surface area contributed by atoms with Crippen molar-refractivity contribution in [1.82, 2.24) is 15.2 Å². The predicted octanol–water partition coefficient (Wildman–Crippen LogP) is 1.05. The molecule has 0 fully saturated rings. The Morgan fingerprint density at radius 1 is 1.47 bits per heavy atom. The third-order valence-corrected chi connectivity index (χ3v) is 2.42. The van der Waals surface area contributed by atoms with Crippen LogP contribution >= 0.6 is 0 Å². The second kappa shape index (κ2) is 4.65.